The summed E-state index contributed by atoms with van der Waals surface area (Å²) in [6, 6.07) is 7.91. The monoisotopic (exact) mass is 200 g/mol. The average molecular weight is 200 g/mol. The highest BCUT2D eigenvalue weighted by Gasteiger charge is 2.23. The van der Waals surface area contributed by atoms with Crippen LogP contribution in [0.4, 0.5) is 0 Å². The minimum atomic E-state index is 0.558. The van der Waals surface area contributed by atoms with E-state index in [2.05, 4.69) is 4.98 Å². The molecule has 1 heterocycles. The number of nitrogens with zero attached hydrogens (tertiary/aromatic N) is 2. The van der Waals surface area contributed by atoms with E-state index in [-0.39, 0.29) is 0 Å². The molecule has 76 valence electrons. The first-order chi connectivity index (χ1) is 7.38. The van der Waals surface area contributed by atoms with Crippen LogP contribution in [0, 0.1) is 5.92 Å². The van der Waals surface area contributed by atoms with Crippen molar-refractivity contribution in [3.8, 4) is 0 Å². The molecule has 0 N–H and O–H groups in total. The highest BCUT2D eigenvalue weighted by molar-refractivity contribution is 5.82. The zero-order valence-corrected chi connectivity index (χ0v) is 8.39. The Morgan fingerprint density at radius 1 is 1.40 bits per heavy atom. The summed E-state index contributed by atoms with van der Waals surface area (Å²) < 4.78 is 2.04. The molecule has 1 aliphatic carbocycles. The highest BCUT2D eigenvalue weighted by atomic mass is 16.1. The van der Waals surface area contributed by atoms with Gasteiger partial charge in [0.25, 0.3) is 0 Å². The Balaban J connectivity index is 2.16. The summed E-state index contributed by atoms with van der Waals surface area (Å²) in [6.45, 7) is 0.939. The number of carbonyl (C=O) groups excluding carboxylic acids is 1. The summed E-state index contributed by atoms with van der Waals surface area (Å²) in [4.78, 5) is 15.2. The van der Waals surface area contributed by atoms with Crippen molar-refractivity contribution in [2.45, 2.75) is 19.4 Å². The second-order valence-electron chi connectivity index (χ2n) is 4.13. The molecule has 0 bridgehead atoms. The normalized spacial score (nSPS) is 15.7. The van der Waals surface area contributed by atoms with Crippen molar-refractivity contribution in [2.24, 2.45) is 5.92 Å². The second kappa shape index (κ2) is 3.19. The van der Waals surface area contributed by atoms with E-state index < -0.39 is 0 Å². The third kappa shape index (κ3) is 1.44. The van der Waals surface area contributed by atoms with E-state index in [4.69, 9.17) is 0 Å². The van der Waals surface area contributed by atoms with Gasteiger partial charge in [0.1, 0.15) is 0 Å². The molecule has 0 saturated heterocycles. The van der Waals surface area contributed by atoms with Crippen molar-refractivity contribution in [2.75, 3.05) is 0 Å². The maximum absolute atomic E-state index is 10.9. The third-order valence-corrected chi connectivity index (χ3v) is 2.93. The number of fused-ring (bicyclic) bond motifs is 1. The van der Waals surface area contributed by atoms with Gasteiger partial charge in [-0.2, -0.15) is 0 Å². The van der Waals surface area contributed by atoms with Crippen molar-refractivity contribution in [1.29, 1.82) is 0 Å². The fourth-order valence-electron chi connectivity index (χ4n) is 1.93. The number of carbonyl (C=O) groups is 1. The molecule has 0 amide bonds. The van der Waals surface area contributed by atoms with E-state index in [9.17, 15) is 4.79 Å². The molecule has 3 heteroatoms. The van der Waals surface area contributed by atoms with Gasteiger partial charge >= 0.3 is 0 Å². The van der Waals surface area contributed by atoms with Crippen LogP contribution in [-0.2, 0) is 6.54 Å². The lowest BCUT2D eigenvalue weighted by Crippen LogP contribution is -2.04. The first-order valence-electron chi connectivity index (χ1n) is 5.29. The number of benzene rings is 1. The number of aromatic nitrogens is 2. The number of rotatable bonds is 3. The average Bonchev–Trinajstić information content (AvgIpc) is 3.01. The topological polar surface area (TPSA) is 34.9 Å². The molecular weight excluding hydrogens is 188 g/mol. The molecule has 3 rings (SSSR count). The van der Waals surface area contributed by atoms with Crippen LogP contribution in [0.15, 0.2) is 24.3 Å². The van der Waals surface area contributed by atoms with Gasteiger partial charge in [-0.25, -0.2) is 4.98 Å². The van der Waals surface area contributed by atoms with Gasteiger partial charge in [0.2, 0.25) is 0 Å². The molecule has 1 saturated carbocycles. The Morgan fingerprint density at radius 2 is 2.20 bits per heavy atom. The Labute approximate surface area is 87.7 Å². The number of aldehydes is 1. The lowest BCUT2D eigenvalue weighted by molar-refractivity contribution is 0.111. The largest absolute Gasteiger partial charge is 0.321 e. The van der Waals surface area contributed by atoms with Crippen LogP contribution in [-0.4, -0.2) is 15.8 Å². The summed E-state index contributed by atoms with van der Waals surface area (Å²) in [5.74, 6) is 1.31. The molecule has 0 unspecified atom stereocenters. The molecule has 0 spiro atoms. The van der Waals surface area contributed by atoms with E-state index in [0.717, 1.165) is 29.8 Å². The Hall–Kier alpha value is -1.64. The first-order valence-corrected chi connectivity index (χ1v) is 5.29. The molecule has 2 aromatic rings. The summed E-state index contributed by atoms with van der Waals surface area (Å²) in [5.41, 5.74) is 1.99. The van der Waals surface area contributed by atoms with E-state index in [1.54, 1.807) is 0 Å². The van der Waals surface area contributed by atoms with Crippen LogP contribution in [0.1, 0.15) is 23.5 Å². The van der Waals surface area contributed by atoms with E-state index in [0.29, 0.717) is 5.82 Å². The van der Waals surface area contributed by atoms with E-state index in [1.165, 1.54) is 12.8 Å². The van der Waals surface area contributed by atoms with Crippen molar-refractivity contribution in [1.82, 2.24) is 9.55 Å². The SMILES string of the molecule is O=Cc1nc2ccccc2n1CC1CC1. The van der Waals surface area contributed by atoms with Gasteiger partial charge in [0.15, 0.2) is 12.1 Å². The summed E-state index contributed by atoms with van der Waals surface area (Å²) in [7, 11) is 0. The van der Waals surface area contributed by atoms with Gasteiger partial charge in [-0.3, -0.25) is 4.79 Å². The number of hydrogen-bond acceptors (Lipinski definition) is 2. The van der Waals surface area contributed by atoms with Crippen LogP contribution in [0.5, 0.6) is 0 Å². The van der Waals surface area contributed by atoms with Gasteiger partial charge in [-0.05, 0) is 30.9 Å². The smallest absolute Gasteiger partial charge is 0.185 e. The molecule has 3 nitrogen and oxygen atoms in total. The molecule has 1 fully saturated rings. The first kappa shape index (κ1) is 8.65. The maximum Gasteiger partial charge on any atom is 0.185 e. The van der Waals surface area contributed by atoms with Crippen molar-refractivity contribution < 1.29 is 4.79 Å². The Kier molecular flexibility index (Phi) is 1.84. The molecule has 0 radical (unpaired) electrons. The van der Waals surface area contributed by atoms with Crippen LogP contribution in [0.2, 0.25) is 0 Å². The zero-order chi connectivity index (χ0) is 10.3. The van der Waals surface area contributed by atoms with Crippen LogP contribution < -0.4 is 0 Å². The van der Waals surface area contributed by atoms with Gasteiger partial charge in [-0.15, -0.1) is 0 Å². The lowest BCUT2D eigenvalue weighted by atomic mass is 10.3. The maximum atomic E-state index is 10.9. The van der Waals surface area contributed by atoms with E-state index >= 15 is 0 Å². The molecule has 0 aliphatic heterocycles. The van der Waals surface area contributed by atoms with Crippen molar-refractivity contribution >= 4 is 17.3 Å². The van der Waals surface area contributed by atoms with Gasteiger partial charge in [0, 0.05) is 6.54 Å². The quantitative estimate of drug-likeness (QED) is 0.712. The minimum absolute atomic E-state index is 0.558. The minimum Gasteiger partial charge on any atom is -0.321 e. The fourth-order valence-corrected chi connectivity index (χ4v) is 1.93. The third-order valence-electron chi connectivity index (χ3n) is 2.93. The molecule has 15 heavy (non-hydrogen) atoms. The highest BCUT2D eigenvalue weighted by Crippen LogP contribution is 2.32. The van der Waals surface area contributed by atoms with Gasteiger partial charge in [-0.1, -0.05) is 12.1 Å². The standard InChI is InChI=1S/C12H12N2O/c15-8-12-13-10-3-1-2-4-11(10)14(12)7-9-5-6-9/h1-4,8-9H,5-7H2. The summed E-state index contributed by atoms with van der Waals surface area (Å²) in [5, 5.41) is 0. The zero-order valence-electron chi connectivity index (χ0n) is 8.39. The lowest BCUT2D eigenvalue weighted by Gasteiger charge is -2.03. The van der Waals surface area contributed by atoms with Gasteiger partial charge < -0.3 is 4.57 Å². The molecular formula is C12H12N2O. The van der Waals surface area contributed by atoms with Crippen LogP contribution in [0.25, 0.3) is 11.0 Å². The fraction of sp³-hybridized carbons (Fsp3) is 0.333. The number of hydrogen-bond donors (Lipinski definition) is 0. The van der Waals surface area contributed by atoms with Crippen LogP contribution >= 0.6 is 0 Å². The molecule has 0 atom stereocenters. The molecule has 1 aliphatic rings. The number of para-hydroxylation sites is 2. The van der Waals surface area contributed by atoms with Gasteiger partial charge in [0.05, 0.1) is 11.0 Å². The van der Waals surface area contributed by atoms with Crippen LogP contribution in [0.3, 0.4) is 0 Å². The Morgan fingerprint density at radius 3 is 2.93 bits per heavy atom. The van der Waals surface area contributed by atoms with Crippen molar-refractivity contribution in [3.63, 3.8) is 0 Å². The molecule has 1 aromatic heterocycles. The summed E-state index contributed by atoms with van der Waals surface area (Å²) in [6.07, 6.45) is 3.41. The predicted octanol–water partition coefficient (Wildman–Crippen LogP) is 2.26. The summed E-state index contributed by atoms with van der Waals surface area (Å²) >= 11 is 0. The Bertz CT molecular complexity index is 511. The number of imidazole rings is 1. The predicted molar refractivity (Wildman–Crippen MR) is 57.8 cm³/mol. The van der Waals surface area contributed by atoms with E-state index in [1.807, 2.05) is 28.8 Å². The second-order valence-corrected chi connectivity index (χ2v) is 4.13. The van der Waals surface area contributed by atoms with Crippen molar-refractivity contribution in [3.05, 3.63) is 30.1 Å². The molecule has 1 aromatic carbocycles.